The summed E-state index contributed by atoms with van der Waals surface area (Å²) < 4.78 is 17.9. The maximum Gasteiger partial charge on any atom is 0.248 e. The van der Waals surface area contributed by atoms with Gasteiger partial charge in [-0.05, 0) is 84.0 Å². The predicted molar refractivity (Wildman–Crippen MR) is 198 cm³/mol. The first-order valence-electron chi connectivity index (χ1n) is 17.7. The maximum absolute atomic E-state index is 8.60. The number of nitrogens with two attached hydrogens (primary N) is 1. The van der Waals surface area contributed by atoms with Gasteiger partial charge >= 0.3 is 0 Å². The number of benzene rings is 3. The molecule has 0 amide bonds. The molecule has 260 valence electrons. The van der Waals surface area contributed by atoms with Crippen LogP contribution in [0.15, 0.2) is 77.2 Å². The fourth-order valence-corrected chi connectivity index (χ4v) is 5.60. The molecular weight excluding hydrogens is 596 g/mol. The van der Waals surface area contributed by atoms with E-state index in [4.69, 9.17) is 25.0 Å². The Balaban J connectivity index is 0.00000307. The smallest absolute Gasteiger partial charge is 0.248 e. The van der Waals surface area contributed by atoms with Crippen LogP contribution >= 0.6 is 0 Å². The second-order valence-electron chi connectivity index (χ2n) is 14.0. The molecule has 0 aliphatic heterocycles. The molecule has 0 radical (unpaired) electrons. The normalized spacial score (nSPS) is 13.3. The largest absolute Gasteiger partial charge is 0.494 e. The first-order valence-corrected chi connectivity index (χ1v) is 17.7. The molecule has 3 N–H and O–H groups in total. The number of nitrogens with zero attached hydrogens (tertiary/aromatic N) is 2. The third kappa shape index (κ3) is 11.6. The van der Waals surface area contributed by atoms with Crippen molar-refractivity contribution in [1.82, 2.24) is 10.2 Å². The molecule has 1 aromatic heterocycles. The lowest BCUT2D eigenvalue weighted by molar-refractivity contribution is 0.198. The number of unbranched alkanes of at least 4 members (excludes halogenated alkanes) is 2. The minimum Gasteiger partial charge on any atom is -0.494 e. The molecule has 0 saturated heterocycles. The molecule has 4 rings (SSSR count). The maximum atomic E-state index is 8.60. The van der Waals surface area contributed by atoms with Crippen molar-refractivity contribution in [3.8, 4) is 28.7 Å². The van der Waals surface area contributed by atoms with E-state index in [2.05, 4.69) is 70.8 Å². The van der Waals surface area contributed by atoms with Crippen LogP contribution < -0.4 is 10.5 Å². The van der Waals surface area contributed by atoms with Crippen LogP contribution in [0.4, 0.5) is 0 Å². The number of rotatable bonds is 15. The molecular formula is C41H58N4O3. The number of ether oxygens (including phenoxy) is 2. The van der Waals surface area contributed by atoms with Gasteiger partial charge in [0.1, 0.15) is 5.75 Å². The van der Waals surface area contributed by atoms with E-state index in [9.17, 15) is 0 Å². The quantitative estimate of drug-likeness (QED) is 0.0571. The van der Waals surface area contributed by atoms with E-state index in [0.717, 1.165) is 47.5 Å². The van der Waals surface area contributed by atoms with Crippen LogP contribution in [0.1, 0.15) is 117 Å². The third-order valence-electron chi connectivity index (χ3n) is 8.61. The number of nitrogens with one attached hydrogen (secondary N) is 1. The fourth-order valence-electron chi connectivity index (χ4n) is 5.60. The molecule has 48 heavy (non-hydrogen) atoms. The number of hydrogen-bond donors (Lipinski definition) is 2. The minimum atomic E-state index is -0.819. The van der Waals surface area contributed by atoms with Crippen LogP contribution in [0, 0.1) is 23.2 Å². The highest BCUT2D eigenvalue weighted by atomic mass is 16.5. The molecule has 7 heteroatoms. The Bertz CT molecular complexity index is 1540. The zero-order valence-electron chi connectivity index (χ0n) is 30.7. The lowest BCUT2D eigenvalue weighted by atomic mass is 9.85. The lowest BCUT2D eigenvalue weighted by Gasteiger charge is -2.21. The summed E-state index contributed by atoms with van der Waals surface area (Å²) in [6.07, 6.45) is 5.16. The minimum absolute atomic E-state index is 0.0462. The van der Waals surface area contributed by atoms with Gasteiger partial charge < -0.3 is 13.9 Å². The third-order valence-corrected chi connectivity index (χ3v) is 8.61. The summed E-state index contributed by atoms with van der Waals surface area (Å²) in [6, 6.07) is 23.1. The Morgan fingerprint density at radius 1 is 0.812 bits per heavy atom. The topological polar surface area (TPSA) is 107 Å². The summed E-state index contributed by atoms with van der Waals surface area (Å²) in [5, 5.41) is 17.1. The van der Waals surface area contributed by atoms with E-state index in [1.165, 1.54) is 24.8 Å². The summed E-state index contributed by atoms with van der Waals surface area (Å²) in [5.74, 6) is 3.82. The molecule has 4 aromatic rings. The Hall–Kier alpha value is -3.97. The van der Waals surface area contributed by atoms with E-state index in [1.54, 1.807) is 12.1 Å². The zero-order chi connectivity index (χ0) is 35.3. The van der Waals surface area contributed by atoms with Gasteiger partial charge in [-0.3, -0.25) is 11.1 Å². The molecule has 3 atom stereocenters. The van der Waals surface area contributed by atoms with Gasteiger partial charge in [0.2, 0.25) is 17.7 Å². The Labute approximate surface area is 289 Å². The zero-order valence-corrected chi connectivity index (χ0v) is 30.7. The fraction of sp³-hybridized carbons (Fsp3) is 0.488. The molecule has 1 heterocycles. The standard InChI is InChI=1S/C39H52N4O3.C2H6/c1-26(2)23-28(4)27(3)13-9-8-10-22-44-34-17-12-15-31(25-34)36(41)45-35(40)30-14-11-16-32(24-30)38-43-42-37(46-38)29-18-20-33(21-19-29)39(5,6)7;1-2/h11-12,14-21,24-28,36,40H,8-10,13,22-23,41H2,1-7H3;1-2H3. The van der Waals surface area contributed by atoms with Gasteiger partial charge in [-0.15, -0.1) is 10.2 Å². The second kappa shape index (κ2) is 18.5. The highest BCUT2D eigenvalue weighted by Gasteiger charge is 2.18. The monoisotopic (exact) mass is 654 g/mol. The summed E-state index contributed by atoms with van der Waals surface area (Å²) in [6.45, 7) is 20.6. The lowest BCUT2D eigenvalue weighted by Crippen LogP contribution is -2.19. The van der Waals surface area contributed by atoms with Gasteiger partial charge in [0.25, 0.3) is 0 Å². The van der Waals surface area contributed by atoms with Gasteiger partial charge in [0, 0.05) is 22.3 Å². The Kier molecular flexibility index (Phi) is 14.9. The molecule has 0 bridgehead atoms. The molecule has 0 saturated carbocycles. The first kappa shape index (κ1) is 38.5. The van der Waals surface area contributed by atoms with Crippen molar-refractivity contribution >= 4 is 5.90 Å². The molecule has 0 aliphatic carbocycles. The average molecular weight is 655 g/mol. The first-order chi connectivity index (χ1) is 22.9. The molecule has 0 fully saturated rings. The SMILES string of the molecule is CC.CC(C)CC(C)C(C)CCCCCOc1cccc(C(N)OC(=N)c2cccc(-c3nnc(-c4ccc(C(C)(C)C)cc4)o3)c2)c1. The van der Waals surface area contributed by atoms with Crippen molar-refractivity contribution in [3.63, 3.8) is 0 Å². The van der Waals surface area contributed by atoms with Gasteiger partial charge in [-0.2, -0.15) is 0 Å². The van der Waals surface area contributed by atoms with Crippen molar-refractivity contribution in [2.24, 2.45) is 23.5 Å². The number of hydrogen-bond acceptors (Lipinski definition) is 7. The Morgan fingerprint density at radius 3 is 2.15 bits per heavy atom. The highest BCUT2D eigenvalue weighted by Crippen LogP contribution is 2.29. The van der Waals surface area contributed by atoms with Crippen LogP contribution in [-0.4, -0.2) is 22.7 Å². The van der Waals surface area contributed by atoms with Crippen molar-refractivity contribution in [2.45, 2.75) is 106 Å². The molecule has 0 spiro atoms. The molecule has 3 aromatic carbocycles. The van der Waals surface area contributed by atoms with Gasteiger partial charge in [0.15, 0.2) is 6.23 Å². The van der Waals surface area contributed by atoms with Crippen molar-refractivity contribution in [2.75, 3.05) is 6.61 Å². The van der Waals surface area contributed by atoms with E-state index >= 15 is 0 Å². The molecule has 0 aliphatic rings. The highest BCUT2D eigenvalue weighted by molar-refractivity contribution is 5.92. The van der Waals surface area contributed by atoms with Crippen molar-refractivity contribution in [1.29, 1.82) is 5.41 Å². The van der Waals surface area contributed by atoms with Gasteiger partial charge in [-0.1, -0.05) is 112 Å². The summed E-state index contributed by atoms with van der Waals surface area (Å²) in [7, 11) is 0. The van der Waals surface area contributed by atoms with E-state index in [0.29, 0.717) is 29.5 Å². The van der Waals surface area contributed by atoms with Crippen LogP contribution in [0.2, 0.25) is 0 Å². The summed E-state index contributed by atoms with van der Waals surface area (Å²) in [4.78, 5) is 0. The summed E-state index contributed by atoms with van der Waals surface area (Å²) in [5.41, 5.74) is 10.5. The Morgan fingerprint density at radius 2 is 1.48 bits per heavy atom. The molecule has 7 nitrogen and oxygen atoms in total. The second-order valence-corrected chi connectivity index (χ2v) is 14.0. The van der Waals surface area contributed by atoms with Crippen LogP contribution in [0.5, 0.6) is 5.75 Å². The van der Waals surface area contributed by atoms with Crippen molar-refractivity contribution < 1.29 is 13.9 Å². The van der Waals surface area contributed by atoms with Gasteiger partial charge in [-0.25, -0.2) is 0 Å². The van der Waals surface area contributed by atoms with Gasteiger partial charge in [0.05, 0.1) is 6.61 Å². The average Bonchev–Trinajstić information content (AvgIpc) is 3.57. The van der Waals surface area contributed by atoms with Crippen LogP contribution in [0.3, 0.4) is 0 Å². The summed E-state index contributed by atoms with van der Waals surface area (Å²) >= 11 is 0. The predicted octanol–water partition coefficient (Wildman–Crippen LogP) is 11.0. The van der Waals surface area contributed by atoms with Crippen LogP contribution in [0.25, 0.3) is 22.9 Å². The van der Waals surface area contributed by atoms with E-state index in [-0.39, 0.29) is 11.3 Å². The van der Waals surface area contributed by atoms with E-state index < -0.39 is 6.23 Å². The van der Waals surface area contributed by atoms with E-state index in [1.807, 2.05) is 62.4 Å². The molecule has 3 unspecified atom stereocenters. The van der Waals surface area contributed by atoms with Crippen molar-refractivity contribution in [3.05, 3.63) is 89.5 Å². The number of aromatic nitrogens is 2. The van der Waals surface area contributed by atoms with Crippen LogP contribution in [-0.2, 0) is 10.2 Å².